The number of anilines is 1. The van der Waals surface area contributed by atoms with Crippen LogP contribution in [0.3, 0.4) is 0 Å². The summed E-state index contributed by atoms with van der Waals surface area (Å²) < 4.78 is 13.5. The first-order valence-electron chi connectivity index (χ1n) is 11.2. The fourth-order valence-electron chi connectivity index (χ4n) is 3.63. The molecule has 2 heterocycles. The highest BCUT2D eigenvalue weighted by Crippen LogP contribution is 2.25. The Balaban J connectivity index is 1.57. The number of amides is 1. The lowest BCUT2D eigenvalue weighted by atomic mass is 10.0. The van der Waals surface area contributed by atoms with E-state index in [-0.39, 0.29) is 11.7 Å². The summed E-state index contributed by atoms with van der Waals surface area (Å²) in [6.07, 6.45) is 2.28. The molecule has 35 heavy (non-hydrogen) atoms. The molecule has 4 rings (SSSR count). The number of benzene rings is 2. The van der Waals surface area contributed by atoms with E-state index < -0.39 is 0 Å². The number of carbonyl (C=O) groups excluding carboxylic acids is 1. The van der Waals surface area contributed by atoms with E-state index in [1.165, 1.54) is 12.1 Å². The van der Waals surface area contributed by atoms with Crippen molar-refractivity contribution in [3.63, 3.8) is 0 Å². The summed E-state index contributed by atoms with van der Waals surface area (Å²) in [5, 5.41) is 15.6. The van der Waals surface area contributed by atoms with Gasteiger partial charge in [-0.1, -0.05) is 36.4 Å². The Bertz CT molecular complexity index is 1380. The number of aryl methyl sites for hydroxylation is 1. The molecule has 0 saturated carbocycles. The van der Waals surface area contributed by atoms with Crippen molar-refractivity contribution < 1.29 is 9.18 Å². The molecule has 2 N–H and O–H groups in total. The van der Waals surface area contributed by atoms with Crippen LogP contribution in [-0.2, 0) is 13.0 Å². The van der Waals surface area contributed by atoms with Gasteiger partial charge in [0.1, 0.15) is 11.6 Å². The van der Waals surface area contributed by atoms with Gasteiger partial charge in [0.15, 0.2) is 0 Å². The molecule has 0 aliphatic carbocycles. The topological polar surface area (TPSA) is 90.7 Å². The van der Waals surface area contributed by atoms with E-state index in [0.717, 1.165) is 16.8 Å². The van der Waals surface area contributed by atoms with E-state index in [9.17, 15) is 14.4 Å². The second kappa shape index (κ2) is 11.0. The first kappa shape index (κ1) is 23.6. The third kappa shape index (κ3) is 6.06. The molecule has 1 amide bonds. The number of nitrogens with zero attached hydrogens (tertiary/aromatic N) is 3. The lowest BCUT2D eigenvalue weighted by Gasteiger charge is -2.14. The van der Waals surface area contributed by atoms with Crippen LogP contribution in [0.5, 0.6) is 0 Å². The van der Waals surface area contributed by atoms with Crippen LogP contribution in [0.15, 0.2) is 79.0 Å². The van der Waals surface area contributed by atoms with E-state index in [1.54, 1.807) is 36.5 Å². The third-order valence-electron chi connectivity index (χ3n) is 5.48. The number of pyridine rings is 2. The molecule has 0 saturated heterocycles. The van der Waals surface area contributed by atoms with Crippen molar-refractivity contribution in [2.75, 3.05) is 11.9 Å². The van der Waals surface area contributed by atoms with Crippen molar-refractivity contribution in [3.8, 4) is 17.3 Å². The van der Waals surface area contributed by atoms with Crippen LogP contribution < -0.4 is 10.6 Å². The lowest BCUT2D eigenvalue weighted by molar-refractivity contribution is 0.0951. The Hall–Kier alpha value is -4.57. The van der Waals surface area contributed by atoms with Crippen molar-refractivity contribution in [1.82, 2.24) is 15.3 Å². The number of hydrogen-bond donors (Lipinski definition) is 2. The summed E-state index contributed by atoms with van der Waals surface area (Å²) in [6, 6.07) is 23.0. The molecule has 2 aromatic heterocycles. The molecule has 0 radical (unpaired) electrons. The summed E-state index contributed by atoms with van der Waals surface area (Å²) in [4.78, 5) is 22.0. The van der Waals surface area contributed by atoms with Crippen LogP contribution in [0.2, 0.25) is 0 Å². The highest BCUT2D eigenvalue weighted by Gasteiger charge is 2.16. The molecule has 6 nitrogen and oxygen atoms in total. The van der Waals surface area contributed by atoms with Crippen LogP contribution >= 0.6 is 0 Å². The smallest absolute Gasteiger partial charge is 0.255 e. The largest absolute Gasteiger partial charge is 0.369 e. The average Bonchev–Trinajstić information content (AvgIpc) is 2.88. The maximum absolute atomic E-state index is 13.5. The molecule has 174 valence electrons. The highest BCUT2D eigenvalue weighted by atomic mass is 19.1. The quantitative estimate of drug-likeness (QED) is 0.380. The van der Waals surface area contributed by atoms with Crippen LogP contribution in [-0.4, -0.2) is 22.4 Å². The summed E-state index contributed by atoms with van der Waals surface area (Å²) in [7, 11) is 0. The first-order valence-corrected chi connectivity index (χ1v) is 11.2. The molecule has 0 bridgehead atoms. The van der Waals surface area contributed by atoms with Gasteiger partial charge in [0.05, 0.1) is 22.9 Å². The van der Waals surface area contributed by atoms with Crippen molar-refractivity contribution >= 4 is 11.7 Å². The SMILES string of the molecule is Cc1ccc(CNC(=O)c2ccc(-c3ccccc3C#N)nc2NCCc2cccc(F)c2)cn1. The van der Waals surface area contributed by atoms with Gasteiger partial charge in [-0.25, -0.2) is 9.37 Å². The summed E-state index contributed by atoms with van der Waals surface area (Å²) >= 11 is 0. The van der Waals surface area contributed by atoms with E-state index in [1.807, 2.05) is 37.3 Å². The molecule has 7 heteroatoms. The Morgan fingerprint density at radius 2 is 1.89 bits per heavy atom. The van der Waals surface area contributed by atoms with Crippen LogP contribution in [0, 0.1) is 24.1 Å². The number of nitrogens with one attached hydrogen (secondary N) is 2. The zero-order valence-electron chi connectivity index (χ0n) is 19.3. The summed E-state index contributed by atoms with van der Waals surface area (Å²) in [5.41, 5.74) is 4.76. The van der Waals surface area contributed by atoms with E-state index in [0.29, 0.717) is 47.7 Å². The Labute approximate surface area is 203 Å². The van der Waals surface area contributed by atoms with Gasteiger partial charge in [-0.15, -0.1) is 0 Å². The molecule has 0 atom stereocenters. The highest BCUT2D eigenvalue weighted by molar-refractivity contribution is 5.99. The van der Waals surface area contributed by atoms with Gasteiger partial charge in [0.2, 0.25) is 0 Å². The molecule has 2 aromatic carbocycles. The fourth-order valence-corrected chi connectivity index (χ4v) is 3.63. The van der Waals surface area contributed by atoms with Gasteiger partial charge in [0, 0.05) is 30.5 Å². The van der Waals surface area contributed by atoms with Gasteiger partial charge in [-0.3, -0.25) is 9.78 Å². The average molecular weight is 466 g/mol. The molecule has 0 aliphatic rings. The first-order chi connectivity index (χ1) is 17.0. The van der Waals surface area contributed by atoms with E-state index in [2.05, 4.69) is 26.7 Å². The molecular formula is C28H24FN5O. The second-order valence-corrected chi connectivity index (χ2v) is 8.05. The van der Waals surface area contributed by atoms with Gasteiger partial charge in [-0.05, 0) is 60.9 Å². The van der Waals surface area contributed by atoms with Crippen molar-refractivity contribution in [2.24, 2.45) is 0 Å². The number of nitriles is 1. The van der Waals surface area contributed by atoms with Crippen LogP contribution in [0.1, 0.15) is 32.7 Å². The molecular weight excluding hydrogens is 441 g/mol. The Morgan fingerprint density at radius 3 is 2.66 bits per heavy atom. The number of carbonyl (C=O) groups is 1. The summed E-state index contributed by atoms with van der Waals surface area (Å²) in [5.74, 6) is -0.181. The minimum Gasteiger partial charge on any atom is -0.369 e. The normalized spacial score (nSPS) is 10.4. The van der Waals surface area contributed by atoms with Gasteiger partial charge >= 0.3 is 0 Å². The third-order valence-corrected chi connectivity index (χ3v) is 5.48. The van der Waals surface area contributed by atoms with Gasteiger partial charge in [0.25, 0.3) is 5.91 Å². The summed E-state index contributed by atoms with van der Waals surface area (Å²) in [6.45, 7) is 2.68. The maximum atomic E-state index is 13.5. The van der Waals surface area contributed by atoms with Crippen molar-refractivity contribution in [2.45, 2.75) is 19.9 Å². The number of halogens is 1. The van der Waals surface area contributed by atoms with E-state index in [4.69, 9.17) is 0 Å². The monoisotopic (exact) mass is 465 g/mol. The second-order valence-electron chi connectivity index (χ2n) is 8.05. The minimum atomic E-state index is -0.290. The molecule has 4 aromatic rings. The van der Waals surface area contributed by atoms with Gasteiger partial charge in [-0.2, -0.15) is 5.26 Å². The Kier molecular flexibility index (Phi) is 7.44. The Morgan fingerprint density at radius 1 is 1.03 bits per heavy atom. The fraction of sp³-hybridized carbons (Fsp3) is 0.143. The molecule has 0 spiro atoms. The molecule has 0 unspecified atom stereocenters. The predicted octanol–water partition coefficient (Wildman–Crippen LogP) is 5.05. The van der Waals surface area contributed by atoms with Crippen LogP contribution in [0.4, 0.5) is 10.2 Å². The molecule has 0 aliphatic heterocycles. The lowest BCUT2D eigenvalue weighted by Crippen LogP contribution is -2.25. The van der Waals surface area contributed by atoms with Gasteiger partial charge < -0.3 is 10.6 Å². The number of aromatic nitrogens is 2. The van der Waals surface area contributed by atoms with Crippen molar-refractivity contribution in [3.05, 3.63) is 113 Å². The maximum Gasteiger partial charge on any atom is 0.255 e. The predicted molar refractivity (Wildman–Crippen MR) is 133 cm³/mol. The van der Waals surface area contributed by atoms with E-state index >= 15 is 0 Å². The number of rotatable bonds is 8. The van der Waals surface area contributed by atoms with Crippen molar-refractivity contribution in [1.29, 1.82) is 5.26 Å². The molecule has 0 fully saturated rings. The van der Waals surface area contributed by atoms with Crippen LogP contribution in [0.25, 0.3) is 11.3 Å². The number of hydrogen-bond acceptors (Lipinski definition) is 5. The standard InChI is InChI=1S/C28H24FN5O/c1-19-9-10-21(17-32-19)18-33-28(35)25-11-12-26(24-8-3-2-6-22(24)16-30)34-27(25)31-14-13-20-5-4-7-23(29)15-20/h2-12,15,17H,13-14,18H2,1H3,(H,31,34)(H,33,35). The minimum absolute atomic E-state index is 0.286. The zero-order chi connectivity index (χ0) is 24.6. The zero-order valence-corrected chi connectivity index (χ0v) is 19.3.